The molecule has 0 unspecified atom stereocenters. The molecule has 0 fully saturated rings. The first-order valence-electron chi connectivity index (χ1n) is 5.45. The van der Waals surface area contributed by atoms with Crippen LogP contribution in [0.25, 0.3) is 0 Å². The van der Waals surface area contributed by atoms with Crippen molar-refractivity contribution < 1.29 is 0 Å². The van der Waals surface area contributed by atoms with Gasteiger partial charge in [0.2, 0.25) is 0 Å². The fourth-order valence-corrected chi connectivity index (χ4v) is 2.05. The number of nitriles is 1. The fourth-order valence-electron chi connectivity index (χ4n) is 1.25. The third-order valence-corrected chi connectivity index (χ3v) is 3.23. The van der Waals surface area contributed by atoms with Crippen molar-refractivity contribution >= 4 is 11.8 Å². The Hall–Kier alpha value is -1.08. The topological polar surface area (TPSA) is 49.6 Å². The summed E-state index contributed by atoms with van der Waals surface area (Å²) in [5.41, 5.74) is -0.187. The van der Waals surface area contributed by atoms with E-state index in [1.807, 2.05) is 19.9 Å². The van der Waals surface area contributed by atoms with Gasteiger partial charge in [-0.05, 0) is 32.8 Å². The molecule has 0 atom stereocenters. The van der Waals surface area contributed by atoms with Gasteiger partial charge in [0.15, 0.2) is 5.16 Å². The Morgan fingerprint density at radius 3 is 2.62 bits per heavy atom. The van der Waals surface area contributed by atoms with Crippen LogP contribution in [-0.2, 0) is 0 Å². The normalized spacial score (nSPS) is 11.1. The van der Waals surface area contributed by atoms with E-state index in [0.717, 1.165) is 30.2 Å². The van der Waals surface area contributed by atoms with E-state index in [0.29, 0.717) is 0 Å². The van der Waals surface area contributed by atoms with Crippen LogP contribution in [0.15, 0.2) is 23.6 Å². The molecule has 1 aromatic heterocycles. The Morgan fingerprint density at radius 1 is 1.31 bits per heavy atom. The molecule has 16 heavy (non-hydrogen) atoms. The lowest BCUT2D eigenvalue weighted by atomic mass is 9.89. The maximum atomic E-state index is 8.85. The number of hydrogen-bond donors (Lipinski definition) is 0. The van der Waals surface area contributed by atoms with Crippen LogP contribution >= 0.6 is 11.8 Å². The summed E-state index contributed by atoms with van der Waals surface area (Å²) in [6.07, 6.45) is 6.66. The van der Waals surface area contributed by atoms with Crippen LogP contribution in [0.1, 0.15) is 33.1 Å². The van der Waals surface area contributed by atoms with Crippen LogP contribution in [-0.4, -0.2) is 15.7 Å². The molecule has 1 aromatic rings. The lowest BCUT2D eigenvalue weighted by Crippen LogP contribution is -2.07. The highest BCUT2D eigenvalue weighted by atomic mass is 32.2. The molecule has 4 heteroatoms. The summed E-state index contributed by atoms with van der Waals surface area (Å²) in [4.78, 5) is 8.28. The van der Waals surface area contributed by atoms with E-state index in [1.54, 1.807) is 24.2 Å². The molecule has 0 spiro atoms. The lowest BCUT2D eigenvalue weighted by Gasteiger charge is -2.13. The second-order valence-corrected chi connectivity index (χ2v) is 5.39. The van der Waals surface area contributed by atoms with Crippen molar-refractivity contribution in [3.05, 3.63) is 18.5 Å². The fraction of sp³-hybridized carbons (Fsp3) is 0.583. The van der Waals surface area contributed by atoms with Gasteiger partial charge in [0.25, 0.3) is 0 Å². The predicted octanol–water partition coefficient (Wildman–Crippen LogP) is 3.29. The SMILES string of the molecule is CC(C)(C#N)CCCCSc1ncccn1. The molecule has 0 aliphatic heterocycles. The molecule has 0 radical (unpaired) electrons. The van der Waals surface area contributed by atoms with Crippen molar-refractivity contribution in [1.29, 1.82) is 5.26 Å². The van der Waals surface area contributed by atoms with E-state index in [-0.39, 0.29) is 5.41 Å². The zero-order valence-corrected chi connectivity index (χ0v) is 10.6. The Morgan fingerprint density at radius 2 is 2.00 bits per heavy atom. The van der Waals surface area contributed by atoms with Gasteiger partial charge in [0, 0.05) is 18.1 Å². The standard InChI is InChI=1S/C12H17N3S/c1-12(2,10-13)6-3-4-9-16-11-14-7-5-8-15-11/h5,7-8H,3-4,6,9H2,1-2H3. The highest BCUT2D eigenvalue weighted by molar-refractivity contribution is 7.99. The highest BCUT2D eigenvalue weighted by Crippen LogP contribution is 2.23. The van der Waals surface area contributed by atoms with E-state index < -0.39 is 0 Å². The highest BCUT2D eigenvalue weighted by Gasteiger charge is 2.15. The predicted molar refractivity (Wildman–Crippen MR) is 66.0 cm³/mol. The minimum Gasteiger partial charge on any atom is -0.231 e. The molecular weight excluding hydrogens is 218 g/mol. The van der Waals surface area contributed by atoms with Gasteiger partial charge < -0.3 is 0 Å². The summed E-state index contributed by atoms with van der Waals surface area (Å²) in [7, 11) is 0. The minimum atomic E-state index is -0.187. The molecule has 0 aromatic carbocycles. The third-order valence-electron chi connectivity index (χ3n) is 2.27. The van der Waals surface area contributed by atoms with Crippen molar-refractivity contribution in [2.24, 2.45) is 5.41 Å². The molecule has 1 rings (SSSR count). The van der Waals surface area contributed by atoms with Crippen molar-refractivity contribution in [3.8, 4) is 6.07 Å². The van der Waals surface area contributed by atoms with Crippen LogP contribution < -0.4 is 0 Å². The van der Waals surface area contributed by atoms with Gasteiger partial charge in [-0.2, -0.15) is 5.26 Å². The molecule has 0 amide bonds. The van der Waals surface area contributed by atoms with Gasteiger partial charge in [0.1, 0.15) is 0 Å². The molecule has 0 bridgehead atoms. The van der Waals surface area contributed by atoms with Crippen molar-refractivity contribution in [2.75, 3.05) is 5.75 Å². The van der Waals surface area contributed by atoms with Gasteiger partial charge in [-0.15, -0.1) is 0 Å². The van der Waals surface area contributed by atoms with Crippen molar-refractivity contribution in [2.45, 2.75) is 38.3 Å². The van der Waals surface area contributed by atoms with Crippen LogP contribution in [0.4, 0.5) is 0 Å². The first kappa shape index (κ1) is 13.0. The summed E-state index contributed by atoms with van der Waals surface area (Å²) in [6.45, 7) is 3.97. The number of aromatic nitrogens is 2. The van der Waals surface area contributed by atoms with Gasteiger partial charge in [-0.3, -0.25) is 0 Å². The summed E-state index contributed by atoms with van der Waals surface area (Å²) in [5.74, 6) is 1.02. The second kappa shape index (κ2) is 6.49. The maximum absolute atomic E-state index is 8.85. The van der Waals surface area contributed by atoms with Crippen LogP contribution in [0.2, 0.25) is 0 Å². The minimum absolute atomic E-state index is 0.187. The Labute approximate surface area is 101 Å². The molecule has 0 saturated carbocycles. The first-order valence-corrected chi connectivity index (χ1v) is 6.44. The van der Waals surface area contributed by atoms with Crippen molar-refractivity contribution in [1.82, 2.24) is 9.97 Å². The average molecular weight is 235 g/mol. The second-order valence-electron chi connectivity index (χ2n) is 4.33. The quantitative estimate of drug-likeness (QED) is 0.431. The van der Waals surface area contributed by atoms with E-state index in [1.165, 1.54) is 0 Å². The maximum Gasteiger partial charge on any atom is 0.187 e. The molecule has 86 valence electrons. The largest absolute Gasteiger partial charge is 0.231 e. The van der Waals surface area contributed by atoms with E-state index in [2.05, 4.69) is 16.0 Å². The number of unbranched alkanes of at least 4 members (excludes halogenated alkanes) is 1. The Bertz CT molecular complexity index is 343. The Kier molecular flexibility index (Phi) is 5.27. The van der Waals surface area contributed by atoms with Crippen LogP contribution in [0.3, 0.4) is 0 Å². The number of nitrogens with zero attached hydrogens (tertiary/aromatic N) is 3. The monoisotopic (exact) mass is 235 g/mol. The van der Waals surface area contributed by atoms with Crippen molar-refractivity contribution in [3.63, 3.8) is 0 Å². The first-order chi connectivity index (χ1) is 7.64. The van der Waals surface area contributed by atoms with E-state index in [4.69, 9.17) is 5.26 Å². The van der Waals surface area contributed by atoms with Gasteiger partial charge in [-0.1, -0.05) is 18.2 Å². The molecule has 0 N–H and O–H groups in total. The number of rotatable bonds is 6. The van der Waals surface area contributed by atoms with Crippen LogP contribution in [0.5, 0.6) is 0 Å². The molecule has 0 aliphatic rings. The summed E-state index contributed by atoms with van der Waals surface area (Å²) in [5, 5.41) is 9.69. The van der Waals surface area contributed by atoms with E-state index >= 15 is 0 Å². The summed E-state index contributed by atoms with van der Waals surface area (Å²) < 4.78 is 0. The zero-order chi connectivity index (χ0) is 11.9. The average Bonchev–Trinajstić information content (AvgIpc) is 2.30. The van der Waals surface area contributed by atoms with Gasteiger partial charge in [-0.25, -0.2) is 9.97 Å². The van der Waals surface area contributed by atoms with Gasteiger partial charge >= 0.3 is 0 Å². The molecular formula is C12H17N3S. The molecule has 0 saturated heterocycles. The number of hydrogen-bond acceptors (Lipinski definition) is 4. The number of thioether (sulfide) groups is 1. The molecule has 1 heterocycles. The molecule has 3 nitrogen and oxygen atoms in total. The van der Waals surface area contributed by atoms with E-state index in [9.17, 15) is 0 Å². The molecule has 0 aliphatic carbocycles. The third kappa shape index (κ3) is 5.13. The summed E-state index contributed by atoms with van der Waals surface area (Å²) >= 11 is 1.67. The van der Waals surface area contributed by atoms with Gasteiger partial charge in [0.05, 0.1) is 11.5 Å². The lowest BCUT2D eigenvalue weighted by molar-refractivity contribution is 0.433. The Balaban J connectivity index is 2.12. The zero-order valence-electron chi connectivity index (χ0n) is 9.81. The summed E-state index contributed by atoms with van der Waals surface area (Å²) in [6, 6.07) is 4.14. The van der Waals surface area contributed by atoms with Crippen LogP contribution in [0, 0.1) is 16.7 Å². The smallest absolute Gasteiger partial charge is 0.187 e.